The van der Waals surface area contributed by atoms with Crippen LogP contribution in [0, 0.1) is 17.2 Å². The molecule has 16 heavy (non-hydrogen) atoms. The monoisotopic (exact) mass is 237 g/mol. The summed E-state index contributed by atoms with van der Waals surface area (Å²) in [6, 6.07) is 6.13. The largest absolute Gasteiger partial charge is 0.481 e. The molecular formula is C12H15NO2S. The van der Waals surface area contributed by atoms with Crippen molar-refractivity contribution in [3.05, 3.63) is 22.4 Å². The second-order valence-electron chi connectivity index (χ2n) is 4.11. The average molecular weight is 237 g/mol. The van der Waals surface area contributed by atoms with Crippen LogP contribution in [0.5, 0.6) is 0 Å². The first-order valence-electron chi connectivity index (χ1n) is 5.20. The first kappa shape index (κ1) is 12.7. The zero-order valence-corrected chi connectivity index (χ0v) is 10.3. The summed E-state index contributed by atoms with van der Waals surface area (Å²) in [6.45, 7) is 3.93. The fraction of sp³-hybridized carbons (Fsp3) is 0.500. The van der Waals surface area contributed by atoms with Crippen molar-refractivity contribution in [3.8, 4) is 6.07 Å². The third-order valence-electron chi connectivity index (χ3n) is 2.88. The van der Waals surface area contributed by atoms with Crippen LogP contribution in [0.1, 0.15) is 31.6 Å². The highest BCUT2D eigenvalue weighted by Crippen LogP contribution is 2.38. The molecule has 3 nitrogen and oxygen atoms in total. The van der Waals surface area contributed by atoms with Crippen molar-refractivity contribution in [2.75, 3.05) is 0 Å². The van der Waals surface area contributed by atoms with E-state index in [0.29, 0.717) is 6.42 Å². The maximum absolute atomic E-state index is 10.6. The fourth-order valence-corrected chi connectivity index (χ4v) is 2.83. The first-order valence-corrected chi connectivity index (χ1v) is 6.08. The van der Waals surface area contributed by atoms with Gasteiger partial charge < -0.3 is 5.11 Å². The number of rotatable bonds is 5. The van der Waals surface area contributed by atoms with E-state index in [4.69, 9.17) is 5.11 Å². The average Bonchev–Trinajstić information content (AvgIpc) is 2.72. The SMILES string of the molecule is CC(C)[C@@](C#N)(CCC(=O)O)c1cccs1. The molecule has 0 radical (unpaired) electrons. The molecule has 0 aliphatic heterocycles. The third-order valence-corrected chi connectivity index (χ3v) is 3.93. The minimum absolute atomic E-state index is 0.0314. The van der Waals surface area contributed by atoms with Gasteiger partial charge in [-0.15, -0.1) is 11.3 Å². The van der Waals surface area contributed by atoms with Gasteiger partial charge >= 0.3 is 5.97 Å². The van der Waals surface area contributed by atoms with Crippen LogP contribution in [0.25, 0.3) is 0 Å². The lowest BCUT2D eigenvalue weighted by Crippen LogP contribution is -2.30. The Kier molecular flexibility index (Phi) is 4.08. The molecular weight excluding hydrogens is 222 g/mol. The topological polar surface area (TPSA) is 61.1 Å². The number of thiophene rings is 1. The van der Waals surface area contributed by atoms with E-state index in [1.54, 1.807) is 0 Å². The van der Waals surface area contributed by atoms with Crippen molar-refractivity contribution in [2.24, 2.45) is 5.92 Å². The number of hydrogen-bond acceptors (Lipinski definition) is 3. The molecule has 0 amide bonds. The lowest BCUT2D eigenvalue weighted by molar-refractivity contribution is -0.137. The molecule has 0 aliphatic carbocycles. The molecule has 1 N–H and O–H groups in total. The van der Waals surface area contributed by atoms with E-state index >= 15 is 0 Å². The Labute approximate surface area is 99.3 Å². The molecule has 0 fully saturated rings. The van der Waals surface area contributed by atoms with Gasteiger partial charge in [0.2, 0.25) is 0 Å². The number of hydrogen-bond donors (Lipinski definition) is 1. The lowest BCUT2D eigenvalue weighted by atomic mass is 9.74. The molecule has 1 heterocycles. The van der Waals surface area contributed by atoms with Crippen molar-refractivity contribution in [1.29, 1.82) is 5.26 Å². The Morgan fingerprint density at radius 1 is 1.69 bits per heavy atom. The molecule has 1 rings (SSSR count). The number of aliphatic carboxylic acids is 1. The van der Waals surface area contributed by atoms with Gasteiger partial charge in [-0.1, -0.05) is 19.9 Å². The number of carbonyl (C=O) groups is 1. The predicted octanol–water partition coefficient (Wildman–Crippen LogP) is 3.03. The zero-order valence-electron chi connectivity index (χ0n) is 9.43. The Morgan fingerprint density at radius 3 is 2.75 bits per heavy atom. The molecule has 86 valence electrons. The minimum atomic E-state index is -0.850. The van der Waals surface area contributed by atoms with Crippen molar-refractivity contribution in [2.45, 2.75) is 32.1 Å². The maximum Gasteiger partial charge on any atom is 0.303 e. The first-order chi connectivity index (χ1) is 7.53. The van der Waals surface area contributed by atoms with Gasteiger partial charge in [0, 0.05) is 11.3 Å². The standard InChI is InChI=1S/C12H15NO2S/c1-9(2)12(8-13,6-5-11(14)15)10-4-3-7-16-10/h3-4,7,9H,5-6H2,1-2H3,(H,14,15)/t12-/m0/s1. The van der Waals surface area contributed by atoms with Gasteiger partial charge in [-0.3, -0.25) is 4.79 Å². The summed E-state index contributed by atoms with van der Waals surface area (Å²) in [4.78, 5) is 11.6. The van der Waals surface area contributed by atoms with Crippen molar-refractivity contribution in [3.63, 3.8) is 0 Å². The molecule has 0 bridgehead atoms. The quantitative estimate of drug-likeness (QED) is 0.856. The van der Waals surface area contributed by atoms with Crippen LogP contribution < -0.4 is 0 Å². The molecule has 0 unspecified atom stereocenters. The van der Waals surface area contributed by atoms with Crippen LogP contribution in [0.3, 0.4) is 0 Å². The molecule has 0 spiro atoms. The van der Waals surface area contributed by atoms with E-state index in [2.05, 4.69) is 6.07 Å². The van der Waals surface area contributed by atoms with Crippen LogP contribution >= 0.6 is 11.3 Å². The summed E-state index contributed by atoms with van der Waals surface area (Å²) in [5.41, 5.74) is -0.660. The Hall–Kier alpha value is -1.34. The summed E-state index contributed by atoms with van der Waals surface area (Å²) in [5.74, 6) is -0.743. The van der Waals surface area contributed by atoms with Crippen molar-refractivity contribution >= 4 is 17.3 Å². The summed E-state index contributed by atoms with van der Waals surface area (Å²) in [7, 11) is 0. The van der Waals surface area contributed by atoms with Gasteiger partial charge in [0.25, 0.3) is 0 Å². The summed E-state index contributed by atoms with van der Waals surface area (Å²) < 4.78 is 0. The molecule has 0 aromatic carbocycles. The normalized spacial score (nSPS) is 14.4. The Morgan fingerprint density at radius 2 is 2.38 bits per heavy atom. The Bertz CT molecular complexity index is 392. The van der Waals surface area contributed by atoms with Gasteiger partial charge in [-0.05, 0) is 23.8 Å². The molecule has 4 heteroatoms. The molecule has 0 saturated carbocycles. The van der Waals surface area contributed by atoms with Crippen molar-refractivity contribution < 1.29 is 9.90 Å². The van der Waals surface area contributed by atoms with E-state index in [1.165, 1.54) is 11.3 Å². The second kappa shape index (κ2) is 5.13. The summed E-state index contributed by atoms with van der Waals surface area (Å²) in [6.07, 6.45) is 0.403. The van der Waals surface area contributed by atoms with E-state index in [9.17, 15) is 10.1 Å². The maximum atomic E-state index is 10.6. The smallest absolute Gasteiger partial charge is 0.303 e. The minimum Gasteiger partial charge on any atom is -0.481 e. The van der Waals surface area contributed by atoms with Crippen LogP contribution in [0.4, 0.5) is 0 Å². The van der Waals surface area contributed by atoms with Gasteiger partial charge in [-0.25, -0.2) is 0 Å². The summed E-state index contributed by atoms with van der Waals surface area (Å²) in [5, 5.41) is 20.1. The van der Waals surface area contributed by atoms with Crippen LogP contribution in [0.2, 0.25) is 0 Å². The van der Waals surface area contributed by atoms with E-state index in [-0.39, 0.29) is 12.3 Å². The van der Waals surface area contributed by atoms with E-state index < -0.39 is 11.4 Å². The number of nitriles is 1. The molecule has 1 aromatic rings. The van der Waals surface area contributed by atoms with Gasteiger partial charge in [0.1, 0.15) is 0 Å². The van der Waals surface area contributed by atoms with Crippen LogP contribution in [0.15, 0.2) is 17.5 Å². The van der Waals surface area contributed by atoms with Crippen molar-refractivity contribution in [1.82, 2.24) is 0 Å². The molecule has 0 aliphatic rings. The highest BCUT2D eigenvalue weighted by Gasteiger charge is 2.37. The molecule has 1 aromatic heterocycles. The van der Waals surface area contributed by atoms with Gasteiger partial charge in [0.05, 0.1) is 11.5 Å². The Balaban J connectivity index is 3.02. The zero-order chi connectivity index (χ0) is 12.2. The third kappa shape index (κ3) is 2.42. The summed E-state index contributed by atoms with van der Waals surface area (Å²) >= 11 is 1.52. The van der Waals surface area contributed by atoms with Crippen LogP contribution in [-0.4, -0.2) is 11.1 Å². The van der Waals surface area contributed by atoms with Gasteiger partial charge in [0.15, 0.2) is 0 Å². The number of carboxylic acids is 1. The number of nitrogens with zero attached hydrogens (tertiary/aromatic N) is 1. The lowest BCUT2D eigenvalue weighted by Gasteiger charge is -2.29. The number of carboxylic acid groups (broad SMARTS) is 1. The second-order valence-corrected chi connectivity index (χ2v) is 5.06. The molecule has 0 saturated heterocycles. The highest BCUT2D eigenvalue weighted by atomic mass is 32.1. The fourth-order valence-electron chi connectivity index (χ4n) is 1.77. The molecule has 1 atom stereocenters. The van der Waals surface area contributed by atoms with Gasteiger partial charge in [-0.2, -0.15) is 5.26 Å². The predicted molar refractivity (Wildman–Crippen MR) is 63.3 cm³/mol. The van der Waals surface area contributed by atoms with Crippen LogP contribution in [-0.2, 0) is 10.2 Å². The highest BCUT2D eigenvalue weighted by molar-refractivity contribution is 7.10. The van der Waals surface area contributed by atoms with E-state index in [1.807, 2.05) is 31.4 Å². The van der Waals surface area contributed by atoms with E-state index in [0.717, 1.165) is 4.88 Å².